The Morgan fingerprint density at radius 2 is 2.35 bits per heavy atom. The van der Waals surface area contributed by atoms with Crippen LogP contribution in [0.25, 0.3) is 0 Å². The molecule has 0 aliphatic heterocycles. The summed E-state index contributed by atoms with van der Waals surface area (Å²) in [5.41, 5.74) is 0.644. The third kappa shape index (κ3) is 4.58. The predicted molar refractivity (Wildman–Crippen MR) is 65.0 cm³/mol. The van der Waals surface area contributed by atoms with Crippen molar-refractivity contribution < 1.29 is 14.6 Å². The predicted octanol–water partition coefficient (Wildman–Crippen LogP) is 0.637. The molecule has 2 N–H and O–H groups in total. The first-order valence-corrected chi connectivity index (χ1v) is 5.82. The van der Waals surface area contributed by atoms with Crippen molar-refractivity contribution >= 4 is 5.91 Å². The highest BCUT2D eigenvalue weighted by atomic mass is 16.5. The Balaban J connectivity index is 2.42. The summed E-state index contributed by atoms with van der Waals surface area (Å²) in [5.74, 6) is -0.0796. The molecule has 1 aromatic heterocycles. The summed E-state index contributed by atoms with van der Waals surface area (Å²) in [7, 11) is 1.64. The van der Waals surface area contributed by atoms with Crippen molar-refractivity contribution in [1.82, 2.24) is 9.88 Å². The highest BCUT2D eigenvalue weighted by molar-refractivity contribution is 5.92. The zero-order valence-electron chi connectivity index (χ0n) is 10.2. The molecule has 0 atom stereocenters. The largest absolute Gasteiger partial charge is 0.396 e. The van der Waals surface area contributed by atoms with Gasteiger partial charge in [0.15, 0.2) is 0 Å². The van der Waals surface area contributed by atoms with Gasteiger partial charge < -0.3 is 19.7 Å². The van der Waals surface area contributed by atoms with Gasteiger partial charge >= 0.3 is 0 Å². The van der Waals surface area contributed by atoms with E-state index in [0.717, 1.165) is 6.42 Å². The van der Waals surface area contributed by atoms with Gasteiger partial charge in [-0.05, 0) is 25.0 Å². The van der Waals surface area contributed by atoms with Gasteiger partial charge in [0, 0.05) is 33.0 Å². The van der Waals surface area contributed by atoms with Crippen molar-refractivity contribution in [2.24, 2.45) is 0 Å². The van der Waals surface area contributed by atoms with Gasteiger partial charge in [-0.1, -0.05) is 0 Å². The van der Waals surface area contributed by atoms with Crippen molar-refractivity contribution in [3.63, 3.8) is 0 Å². The van der Waals surface area contributed by atoms with Crippen LogP contribution in [0.4, 0.5) is 0 Å². The number of nitrogens with zero attached hydrogens (tertiary/aromatic N) is 1. The van der Waals surface area contributed by atoms with E-state index in [1.807, 2.05) is 16.8 Å². The monoisotopic (exact) mass is 240 g/mol. The molecular weight excluding hydrogens is 220 g/mol. The van der Waals surface area contributed by atoms with E-state index < -0.39 is 0 Å². The second-order valence-corrected chi connectivity index (χ2v) is 3.77. The van der Waals surface area contributed by atoms with Crippen LogP contribution in [-0.4, -0.2) is 42.4 Å². The third-order valence-electron chi connectivity index (χ3n) is 2.47. The number of aliphatic hydroxyl groups excluding tert-OH is 1. The number of amides is 1. The Morgan fingerprint density at radius 1 is 1.53 bits per heavy atom. The summed E-state index contributed by atoms with van der Waals surface area (Å²) in [5, 5.41) is 11.5. The maximum absolute atomic E-state index is 11.8. The Kier molecular flexibility index (Phi) is 6.35. The van der Waals surface area contributed by atoms with Crippen molar-refractivity contribution in [3.05, 3.63) is 24.0 Å². The first-order chi connectivity index (χ1) is 8.29. The van der Waals surface area contributed by atoms with E-state index in [9.17, 15) is 4.79 Å². The topological polar surface area (TPSA) is 63.5 Å². The fourth-order valence-electron chi connectivity index (χ4n) is 1.53. The van der Waals surface area contributed by atoms with E-state index >= 15 is 0 Å². The minimum atomic E-state index is -0.0796. The van der Waals surface area contributed by atoms with Crippen LogP contribution >= 0.6 is 0 Å². The molecule has 0 unspecified atom stereocenters. The number of nitrogens with one attached hydrogen (secondary N) is 1. The lowest BCUT2D eigenvalue weighted by Gasteiger charge is -2.09. The maximum Gasteiger partial charge on any atom is 0.267 e. The second-order valence-electron chi connectivity index (χ2n) is 3.77. The number of methoxy groups -OCH3 is 1. The Bertz CT molecular complexity index is 336. The van der Waals surface area contributed by atoms with Crippen LogP contribution in [0.1, 0.15) is 23.3 Å². The van der Waals surface area contributed by atoms with E-state index in [2.05, 4.69) is 5.32 Å². The average Bonchev–Trinajstić information content (AvgIpc) is 2.80. The molecule has 0 spiro atoms. The smallest absolute Gasteiger partial charge is 0.267 e. The van der Waals surface area contributed by atoms with E-state index in [0.29, 0.717) is 31.8 Å². The van der Waals surface area contributed by atoms with E-state index in [4.69, 9.17) is 9.84 Å². The number of aliphatic hydroxyl groups is 1. The van der Waals surface area contributed by atoms with Crippen LogP contribution in [-0.2, 0) is 11.3 Å². The maximum atomic E-state index is 11.8. The molecule has 5 heteroatoms. The zero-order chi connectivity index (χ0) is 12.5. The van der Waals surface area contributed by atoms with Crippen LogP contribution in [0, 0.1) is 0 Å². The minimum absolute atomic E-state index is 0.0796. The molecule has 0 fully saturated rings. The van der Waals surface area contributed by atoms with E-state index in [1.165, 1.54) is 0 Å². The fraction of sp³-hybridized carbons (Fsp3) is 0.583. The number of hydrogen-bond acceptors (Lipinski definition) is 3. The standard InChI is InChI=1S/C12H20N2O3/c1-17-10-8-14-7-4-5-11(14)12(16)13-6-2-3-9-15/h4-5,7,15H,2-3,6,8-10H2,1H3,(H,13,16). The molecule has 0 aliphatic rings. The lowest BCUT2D eigenvalue weighted by Crippen LogP contribution is -2.27. The molecule has 0 saturated carbocycles. The highest BCUT2D eigenvalue weighted by Crippen LogP contribution is 2.02. The van der Waals surface area contributed by atoms with Gasteiger partial charge in [-0.2, -0.15) is 0 Å². The van der Waals surface area contributed by atoms with Gasteiger partial charge in [-0.3, -0.25) is 4.79 Å². The molecule has 17 heavy (non-hydrogen) atoms. The SMILES string of the molecule is COCCn1cccc1C(=O)NCCCCO. The van der Waals surface area contributed by atoms with Gasteiger partial charge in [0.05, 0.1) is 6.61 Å². The molecule has 0 bridgehead atoms. The number of carbonyl (C=O) groups is 1. The molecule has 0 aromatic carbocycles. The second kappa shape index (κ2) is 7.86. The number of aromatic nitrogens is 1. The fourth-order valence-corrected chi connectivity index (χ4v) is 1.53. The Morgan fingerprint density at radius 3 is 3.06 bits per heavy atom. The van der Waals surface area contributed by atoms with Crippen molar-refractivity contribution in [3.8, 4) is 0 Å². The van der Waals surface area contributed by atoms with Gasteiger partial charge in [0.25, 0.3) is 5.91 Å². The summed E-state index contributed by atoms with van der Waals surface area (Å²) < 4.78 is 6.85. The van der Waals surface area contributed by atoms with Crippen LogP contribution in [0.3, 0.4) is 0 Å². The summed E-state index contributed by atoms with van der Waals surface area (Å²) in [6.45, 7) is 2.01. The Labute approximate surface area is 101 Å². The van der Waals surface area contributed by atoms with Crippen molar-refractivity contribution in [2.75, 3.05) is 26.9 Å². The summed E-state index contributed by atoms with van der Waals surface area (Å²) in [6.07, 6.45) is 3.37. The lowest BCUT2D eigenvalue weighted by atomic mass is 10.3. The van der Waals surface area contributed by atoms with Gasteiger partial charge in [0.2, 0.25) is 0 Å². The average molecular weight is 240 g/mol. The molecule has 5 nitrogen and oxygen atoms in total. The van der Waals surface area contributed by atoms with Crippen molar-refractivity contribution in [1.29, 1.82) is 0 Å². The summed E-state index contributed by atoms with van der Waals surface area (Å²) >= 11 is 0. The molecule has 0 radical (unpaired) electrons. The number of rotatable bonds is 8. The van der Waals surface area contributed by atoms with Gasteiger partial charge in [-0.25, -0.2) is 0 Å². The highest BCUT2D eigenvalue weighted by Gasteiger charge is 2.09. The molecular formula is C12H20N2O3. The number of unbranched alkanes of at least 4 members (excludes halogenated alkanes) is 1. The molecule has 0 saturated heterocycles. The quantitative estimate of drug-likeness (QED) is 0.655. The lowest BCUT2D eigenvalue weighted by molar-refractivity contribution is 0.0940. The molecule has 0 aliphatic carbocycles. The minimum Gasteiger partial charge on any atom is -0.396 e. The molecule has 96 valence electrons. The van der Waals surface area contributed by atoms with Gasteiger partial charge in [-0.15, -0.1) is 0 Å². The molecule has 1 aromatic rings. The number of carbonyl (C=O) groups excluding carboxylic acids is 1. The molecule has 1 amide bonds. The van der Waals surface area contributed by atoms with Crippen LogP contribution in [0.5, 0.6) is 0 Å². The van der Waals surface area contributed by atoms with E-state index in [-0.39, 0.29) is 12.5 Å². The third-order valence-corrected chi connectivity index (χ3v) is 2.47. The molecule has 1 rings (SSSR count). The number of ether oxygens (including phenoxy) is 1. The normalized spacial score (nSPS) is 10.5. The first-order valence-electron chi connectivity index (χ1n) is 5.82. The molecule has 1 heterocycles. The van der Waals surface area contributed by atoms with Gasteiger partial charge in [0.1, 0.15) is 5.69 Å². The summed E-state index contributed by atoms with van der Waals surface area (Å²) in [6, 6.07) is 3.63. The van der Waals surface area contributed by atoms with Crippen LogP contribution in [0.15, 0.2) is 18.3 Å². The van der Waals surface area contributed by atoms with E-state index in [1.54, 1.807) is 13.2 Å². The van der Waals surface area contributed by atoms with Crippen LogP contribution < -0.4 is 5.32 Å². The Hall–Kier alpha value is -1.33. The summed E-state index contributed by atoms with van der Waals surface area (Å²) in [4.78, 5) is 11.8. The number of hydrogen-bond donors (Lipinski definition) is 2. The van der Waals surface area contributed by atoms with Crippen molar-refractivity contribution in [2.45, 2.75) is 19.4 Å². The first kappa shape index (κ1) is 13.7. The zero-order valence-corrected chi connectivity index (χ0v) is 10.2. The van der Waals surface area contributed by atoms with Crippen LogP contribution in [0.2, 0.25) is 0 Å².